The van der Waals surface area contributed by atoms with Crippen molar-refractivity contribution in [2.45, 2.75) is 27.4 Å². The first kappa shape index (κ1) is 17.6. The number of hydrogen-bond acceptors (Lipinski definition) is 4. The highest BCUT2D eigenvalue weighted by molar-refractivity contribution is 7.10. The van der Waals surface area contributed by atoms with Crippen LogP contribution in [0.15, 0.2) is 53.6 Å². The van der Waals surface area contributed by atoms with Gasteiger partial charge in [0.05, 0.1) is 5.56 Å². The summed E-state index contributed by atoms with van der Waals surface area (Å²) in [5.74, 6) is 1.62. The lowest BCUT2D eigenvalue weighted by Crippen LogP contribution is -2.00. The smallest absolute Gasteiger partial charge is 0.232 e. The molecule has 0 radical (unpaired) electrons. The fraction of sp³-hybridized carbons (Fsp3) is 0.174. The van der Waals surface area contributed by atoms with Crippen LogP contribution >= 0.6 is 11.3 Å². The number of Topliss-reactive ketones (excluding diaryl/α,β-unsaturated/α-hetero) is 1. The molecule has 3 nitrogen and oxygen atoms in total. The second-order valence-electron chi connectivity index (χ2n) is 6.74. The Morgan fingerprint density at radius 3 is 2.74 bits per heavy atom. The fourth-order valence-electron chi connectivity index (χ4n) is 3.14. The first-order valence-electron chi connectivity index (χ1n) is 8.83. The minimum Gasteiger partial charge on any atom is -0.488 e. The monoisotopic (exact) mass is 376 g/mol. The van der Waals surface area contributed by atoms with Crippen LogP contribution in [0.2, 0.25) is 0 Å². The van der Waals surface area contributed by atoms with E-state index in [2.05, 4.69) is 32.0 Å². The molecule has 2 aromatic carbocycles. The van der Waals surface area contributed by atoms with Gasteiger partial charge in [0, 0.05) is 16.5 Å². The van der Waals surface area contributed by atoms with Gasteiger partial charge in [0.1, 0.15) is 18.1 Å². The summed E-state index contributed by atoms with van der Waals surface area (Å²) in [6.07, 6.45) is 1.79. The molecular formula is C23H20O3S. The Morgan fingerprint density at radius 2 is 1.96 bits per heavy atom. The molecule has 0 unspecified atom stereocenters. The van der Waals surface area contributed by atoms with Gasteiger partial charge in [-0.15, -0.1) is 11.3 Å². The van der Waals surface area contributed by atoms with E-state index in [0.29, 0.717) is 23.7 Å². The van der Waals surface area contributed by atoms with Crippen molar-refractivity contribution in [3.8, 4) is 11.5 Å². The minimum absolute atomic E-state index is 0.0809. The van der Waals surface area contributed by atoms with Crippen LogP contribution in [-0.2, 0) is 6.61 Å². The van der Waals surface area contributed by atoms with E-state index in [1.807, 2.05) is 30.5 Å². The van der Waals surface area contributed by atoms with Crippen LogP contribution in [-0.4, -0.2) is 5.78 Å². The van der Waals surface area contributed by atoms with Crippen LogP contribution in [0.25, 0.3) is 6.08 Å². The van der Waals surface area contributed by atoms with Crippen LogP contribution in [0.1, 0.15) is 37.5 Å². The van der Waals surface area contributed by atoms with E-state index < -0.39 is 0 Å². The number of aryl methyl sites for hydroxylation is 2. The van der Waals surface area contributed by atoms with Crippen molar-refractivity contribution in [1.29, 1.82) is 0 Å². The zero-order chi connectivity index (χ0) is 19.0. The Balaban J connectivity index is 1.59. The number of allylic oxidation sites excluding steroid dienone is 1. The van der Waals surface area contributed by atoms with E-state index in [-0.39, 0.29) is 5.78 Å². The summed E-state index contributed by atoms with van der Waals surface area (Å²) in [6, 6.07) is 13.9. The number of benzene rings is 2. The highest BCUT2D eigenvalue weighted by atomic mass is 32.1. The van der Waals surface area contributed by atoms with Gasteiger partial charge in [0.2, 0.25) is 5.78 Å². The van der Waals surface area contributed by atoms with E-state index in [9.17, 15) is 4.79 Å². The molecular weight excluding hydrogens is 356 g/mol. The lowest BCUT2D eigenvalue weighted by molar-refractivity contribution is 0.101. The molecule has 0 amide bonds. The summed E-state index contributed by atoms with van der Waals surface area (Å²) in [4.78, 5) is 13.6. The first-order valence-corrected chi connectivity index (χ1v) is 9.71. The van der Waals surface area contributed by atoms with E-state index in [1.165, 1.54) is 11.1 Å². The molecule has 1 aliphatic heterocycles. The molecule has 0 saturated heterocycles. The first-order chi connectivity index (χ1) is 13.0. The second kappa shape index (κ2) is 7.05. The van der Waals surface area contributed by atoms with Gasteiger partial charge in [0.25, 0.3) is 0 Å². The second-order valence-corrected chi connectivity index (χ2v) is 7.72. The molecule has 3 aromatic rings. The molecule has 0 spiro atoms. The number of ketones is 1. The van der Waals surface area contributed by atoms with Crippen molar-refractivity contribution in [1.82, 2.24) is 0 Å². The SMILES string of the molecule is Cc1ccc(C)c(COc2ccc3c(c2C)O/C(=C\c2cccs2)C3=O)c1. The van der Waals surface area contributed by atoms with Crippen LogP contribution in [0.5, 0.6) is 11.5 Å². The summed E-state index contributed by atoms with van der Waals surface area (Å²) in [6.45, 7) is 6.57. The van der Waals surface area contributed by atoms with E-state index in [1.54, 1.807) is 23.5 Å². The van der Waals surface area contributed by atoms with Crippen molar-refractivity contribution in [3.05, 3.63) is 86.3 Å². The Bertz CT molecular complexity index is 1050. The van der Waals surface area contributed by atoms with Gasteiger partial charge < -0.3 is 9.47 Å². The third kappa shape index (κ3) is 3.40. The third-order valence-electron chi connectivity index (χ3n) is 4.74. The maximum Gasteiger partial charge on any atom is 0.232 e. The van der Waals surface area contributed by atoms with E-state index in [4.69, 9.17) is 9.47 Å². The number of rotatable bonds is 4. The van der Waals surface area contributed by atoms with Crippen molar-refractivity contribution < 1.29 is 14.3 Å². The van der Waals surface area contributed by atoms with Crippen molar-refractivity contribution in [3.63, 3.8) is 0 Å². The van der Waals surface area contributed by atoms with Crippen LogP contribution in [0.3, 0.4) is 0 Å². The molecule has 2 heterocycles. The molecule has 136 valence electrons. The summed E-state index contributed by atoms with van der Waals surface area (Å²) < 4.78 is 11.9. The maximum atomic E-state index is 12.6. The quantitative estimate of drug-likeness (QED) is 0.534. The Kier molecular flexibility index (Phi) is 4.58. The standard InChI is InChI=1S/C23H20O3S/c1-14-6-7-15(2)17(11-14)13-25-20-9-8-19-22(24)21(26-23(19)16(20)3)12-18-5-4-10-27-18/h4-12H,13H2,1-3H3/b21-12-. The molecule has 0 aliphatic carbocycles. The van der Waals surface area contributed by atoms with Crippen molar-refractivity contribution in [2.75, 3.05) is 0 Å². The number of hydrogen-bond donors (Lipinski definition) is 0. The molecule has 0 saturated carbocycles. The van der Waals surface area contributed by atoms with Crippen LogP contribution in [0, 0.1) is 20.8 Å². The highest BCUT2D eigenvalue weighted by Crippen LogP contribution is 2.39. The molecule has 0 fully saturated rings. The number of ether oxygens (including phenoxy) is 2. The average molecular weight is 376 g/mol. The van der Waals surface area contributed by atoms with Crippen LogP contribution < -0.4 is 9.47 Å². The van der Waals surface area contributed by atoms with Gasteiger partial charge in [-0.1, -0.05) is 29.8 Å². The van der Waals surface area contributed by atoms with Gasteiger partial charge in [0.15, 0.2) is 5.76 Å². The Morgan fingerprint density at radius 1 is 1.11 bits per heavy atom. The summed E-state index contributed by atoms with van der Waals surface area (Å²) in [5, 5.41) is 1.98. The molecule has 4 heteroatoms. The molecule has 4 rings (SSSR count). The van der Waals surface area contributed by atoms with Gasteiger partial charge in [-0.25, -0.2) is 0 Å². The third-order valence-corrected chi connectivity index (χ3v) is 5.56. The van der Waals surface area contributed by atoms with Crippen molar-refractivity contribution in [2.24, 2.45) is 0 Å². The minimum atomic E-state index is -0.0809. The molecule has 0 N–H and O–H groups in total. The van der Waals surface area contributed by atoms with E-state index in [0.717, 1.165) is 21.8 Å². The maximum absolute atomic E-state index is 12.6. The Labute approximate surface area is 162 Å². The summed E-state index contributed by atoms with van der Waals surface area (Å²) in [5.41, 5.74) is 5.01. The summed E-state index contributed by atoms with van der Waals surface area (Å²) in [7, 11) is 0. The molecule has 1 aliphatic rings. The number of fused-ring (bicyclic) bond motifs is 1. The normalized spacial score (nSPS) is 14.3. The molecule has 0 bridgehead atoms. The number of carbonyl (C=O) groups is 1. The predicted molar refractivity (Wildman–Crippen MR) is 109 cm³/mol. The molecule has 27 heavy (non-hydrogen) atoms. The average Bonchev–Trinajstić information content (AvgIpc) is 3.27. The lowest BCUT2D eigenvalue weighted by Gasteiger charge is -2.13. The van der Waals surface area contributed by atoms with E-state index >= 15 is 0 Å². The fourth-order valence-corrected chi connectivity index (χ4v) is 3.78. The van der Waals surface area contributed by atoms with Crippen LogP contribution in [0.4, 0.5) is 0 Å². The zero-order valence-electron chi connectivity index (χ0n) is 15.5. The lowest BCUT2D eigenvalue weighted by atomic mass is 10.1. The predicted octanol–water partition coefficient (Wildman–Crippen LogP) is 5.87. The van der Waals surface area contributed by atoms with Gasteiger partial charge in [-0.05, 0) is 55.5 Å². The largest absolute Gasteiger partial charge is 0.488 e. The van der Waals surface area contributed by atoms with Gasteiger partial charge >= 0.3 is 0 Å². The number of carbonyl (C=O) groups excluding carboxylic acids is 1. The number of thiophene rings is 1. The Hall–Kier alpha value is -2.85. The zero-order valence-corrected chi connectivity index (χ0v) is 16.4. The van der Waals surface area contributed by atoms with Crippen molar-refractivity contribution >= 4 is 23.2 Å². The molecule has 1 aromatic heterocycles. The highest BCUT2D eigenvalue weighted by Gasteiger charge is 2.30. The topological polar surface area (TPSA) is 35.5 Å². The molecule has 0 atom stereocenters. The van der Waals surface area contributed by atoms with Gasteiger partial charge in [-0.3, -0.25) is 4.79 Å². The van der Waals surface area contributed by atoms with Gasteiger partial charge in [-0.2, -0.15) is 0 Å². The summed E-state index contributed by atoms with van der Waals surface area (Å²) >= 11 is 1.57.